The molecule has 2 N–H and O–H groups in total. The highest BCUT2D eigenvalue weighted by molar-refractivity contribution is 5.20. The van der Waals surface area contributed by atoms with Gasteiger partial charge in [0, 0.05) is 28.8 Å². The van der Waals surface area contributed by atoms with E-state index in [0.717, 1.165) is 0 Å². The van der Waals surface area contributed by atoms with Crippen LogP contribution in [0, 0.1) is 12.9 Å². The SMILES string of the molecule is Cc1cc(C(O)C(O)CCN=[N+]=[N-])cnc1F. The number of pyridine rings is 1. The third kappa shape index (κ3) is 3.67. The molecule has 1 aromatic rings. The number of nitrogens with zero attached hydrogens (tertiary/aromatic N) is 4. The summed E-state index contributed by atoms with van der Waals surface area (Å²) in [7, 11) is 0. The number of aliphatic hydroxyl groups is 2. The zero-order valence-corrected chi connectivity index (χ0v) is 9.28. The summed E-state index contributed by atoms with van der Waals surface area (Å²) in [5.74, 6) is -0.607. The zero-order valence-electron chi connectivity index (χ0n) is 9.28. The standard InChI is InChI=1S/C10H13FN4O2/c1-6-4-7(5-13-10(6)11)9(17)8(16)2-3-14-15-12/h4-5,8-9,16-17H,2-3H2,1H3. The normalized spacial score (nSPS) is 13.9. The van der Waals surface area contributed by atoms with Gasteiger partial charge in [-0.1, -0.05) is 5.11 Å². The molecule has 0 spiro atoms. The molecule has 0 aromatic carbocycles. The number of hydrogen-bond donors (Lipinski definition) is 2. The summed E-state index contributed by atoms with van der Waals surface area (Å²) in [4.78, 5) is 5.99. The zero-order chi connectivity index (χ0) is 12.8. The Balaban J connectivity index is 2.70. The molecule has 2 atom stereocenters. The first-order valence-corrected chi connectivity index (χ1v) is 5.05. The molecule has 6 nitrogen and oxygen atoms in total. The Morgan fingerprint density at radius 2 is 2.29 bits per heavy atom. The molecule has 0 saturated carbocycles. The van der Waals surface area contributed by atoms with Gasteiger partial charge in [0.1, 0.15) is 6.10 Å². The van der Waals surface area contributed by atoms with E-state index in [4.69, 9.17) is 5.53 Å². The van der Waals surface area contributed by atoms with Crippen molar-refractivity contribution in [2.45, 2.75) is 25.6 Å². The van der Waals surface area contributed by atoms with Gasteiger partial charge in [-0.3, -0.25) is 0 Å². The highest BCUT2D eigenvalue weighted by atomic mass is 19.1. The van der Waals surface area contributed by atoms with Gasteiger partial charge < -0.3 is 10.2 Å². The van der Waals surface area contributed by atoms with Gasteiger partial charge in [-0.05, 0) is 24.9 Å². The summed E-state index contributed by atoms with van der Waals surface area (Å²) in [6, 6.07) is 1.42. The predicted molar refractivity (Wildman–Crippen MR) is 58.5 cm³/mol. The number of azide groups is 1. The van der Waals surface area contributed by atoms with Crippen LogP contribution in [0.4, 0.5) is 4.39 Å². The summed E-state index contributed by atoms with van der Waals surface area (Å²) >= 11 is 0. The molecule has 7 heteroatoms. The monoisotopic (exact) mass is 240 g/mol. The van der Waals surface area contributed by atoms with Crippen LogP contribution in [0.1, 0.15) is 23.7 Å². The summed E-state index contributed by atoms with van der Waals surface area (Å²) in [5, 5.41) is 22.6. The van der Waals surface area contributed by atoms with Gasteiger partial charge in [0.25, 0.3) is 0 Å². The molecule has 0 aliphatic rings. The first-order valence-electron chi connectivity index (χ1n) is 5.05. The topological polar surface area (TPSA) is 102 Å². The molecule has 92 valence electrons. The Morgan fingerprint density at radius 1 is 1.59 bits per heavy atom. The van der Waals surface area contributed by atoms with Crippen LogP contribution in [-0.2, 0) is 0 Å². The number of halogens is 1. The van der Waals surface area contributed by atoms with Gasteiger partial charge in [-0.2, -0.15) is 4.39 Å². The fraction of sp³-hybridized carbons (Fsp3) is 0.500. The van der Waals surface area contributed by atoms with Gasteiger partial charge in [0.05, 0.1) is 6.10 Å². The van der Waals surface area contributed by atoms with Crippen molar-refractivity contribution in [3.63, 3.8) is 0 Å². The molecule has 0 bridgehead atoms. The van der Waals surface area contributed by atoms with E-state index in [-0.39, 0.29) is 13.0 Å². The van der Waals surface area contributed by atoms with Crippen LogP contribution >= 0.6 is 0 Å². The lowest BCUT2D eigenvalue weighted by Crippen LogP contribution is -2.19. The molecule has 1 rings (SSSR count). The maximum Gasteiger partial charge on any atom is 0.215 e. The minimum atomic E-state index is -1.17. The van der Waals surface area contributed by atoms with E-state index in [1.54, 1.807) is 0 Å². The van der Waals surface area contributed by atoms with Crippen LogP contribution in [-0.4, -0.2) is 27.8 Å². The van der Waals surface area contributed by atoms with Crippen molar-refractivity contribution in [2.75, 3.05) is 6.54 Å². The number of hydrogen-bond acceptors (Lipinski definition) is 4. The molecule has 0 radical (unpaired) electrons. The van der Waals surface area contributed by atoms with Crippen LogP contribution in [0.5, 0.6) is 0 Å². The van der Waals surface area contributed by atoms with Crippen molar-refractivity contribution in [2.24, 2.45) is 5.11 Å². The molecule has 0 aliphatic carbocycles. The van der Waals surface area contributed by atoms with E-state index in [0.29, 0.717) is 11.1 Å². The first kappa shape index (κ1) is 13.4. The van der Waals surface area contributed by atoms with Crippen molar-refractivity contribution >= 4 is 0 Å². The van der Waals surface area contributed by atoms with E-state index < -0.39 is 18.2 Å². The maximum absolute atomic E-state index is 12.9. The lowest BCUT2D eigenvalue weighted by Gasteiger charge is -2.17. The van der Waals surface area contributed by atoms with Crippen LogP contribution in [0.15, 0.2) is 17.4 Å². The predicted octanol–water partition coefficient (Wildman–Crippen LogP) is 1.62. The van der Waals surface area contributed by atoms with Crippen LogP contribution < -0.4 is 0 Å². The van der Waals surface area contributed by atoms with E-state index in [9.17, 15) is 14.6 Å². The molecule has 2 unspecified atom stereocenters. The summed E-state index contributed by atoms with van der Waals surface area (Å²) in [5.41, 5.74) is 8.69. The van der Waals surface area contributed by atoms with Gasteiger partial charge in [0.15, 0.2) is 0 Å². The molecule has 1 heterocycles. The molecule has 1 aromatic heterocycles. The van der Waals surface area contributed by atoms with Crippen LogP contribution in [0.3, 0.4) is 0 Å². The summed E-state index contributed by atoms with van der Waals surface area (Å²) in [6.07, 6.45) is -0.950. The van der Waals surface area contributed by atoms with Gasteiger partial charge in [-0.15, -0.1) is 0 Å². The number of aliphatic hydroxyl groups excluding tert-OH is 2. The first-order chi connectivity index (χ1) is 8.06. The Labute approximate surface area is 97.4 Å². The second-order valence-corrected chi connectivity index (χ2v) is 3.63. The van der Waals surface area contributed by atoms with Crippen LogP contribution in [0.25, 0.3) is 10.4 Å². The average Bonchev–Trinajstić information content (AvgIpc) is 2.32. The fourth-order valence-corrected chi connectivity index (χ4v) is 1.36. The molecular weight excluding hydrogens is 227 g/mol. The van der Waals surface area contributed by atoms with Crippen molar-refractivity contribution < 1.29 is 14.6 Å². The highest BCUT2D eigenvalue weighted by Gasteiger charge is 2.18. The number of rotatable bonds is 5. The lowest BCUT2D eigenvalue weighted by atomic mass is 10.0. The van der Waals surface area contributed by atoms with Crippen molar-refractivity contribution in [3.05, 3.63) is 39.8 Å². The Hall–Kier alpha value is -1.69. The summed E-state index contributed by atoms with van der Waals surface area (Å²) in [6.45, 7) is 1.60. The minimum absolute atomic E-state index is 0.0856. The minimum Gasteiger partial charge on any atom is -0.390 e. The maximum atomic E-state index is 12.9. The Kier molecular flexibility index (Phi) is 4.84. The van der Waals surface area contributed by atoms with Crippen molar-refractivity contribution in [1.82, 2.24) is 4.98 Å². The van der Waals surface area contributed by atoms with Gasteiger partial charge in [-0.25, -0.2) is 4.98 Å². The second kappa shape index (κ2) is 6.15. The Bertz CT molecular complexity index is 434. The van der Waals surface area contributed by atoms with E-state index >= 15 is 0 Å². The largest absolute Gasteiger partial charge is 0.390 e. The van der Waals surface area contributed by atoms with E-state index in [1.807, 2.05) is 0 Å². The van der Waals surface area contributed by atoms with Gasteiger partial charge >= 0.3 is 0 Å². The number of aromatic nitrogens is 1. The third-order valence-electron chi connectivity index (χ3n) is 2.33. The summed E-state index contributed by atoms with van der Waals surface area (Å²) < 4.78 is 12.9. The average molecular weight is 240 g/mol. The number of aryl methyl sites for hydroxylation is 1. The highest BCUT2D eigenvalue weighted by Crippen LogP contribution is 2.19. The molecule has 0 amide bonds. The molecular formula is C10H13FN4O2. The van der Waals surface area contributed by atoms with Crippen molar-refractivity contribution in [1.29, 1.82) is 0 Å². The lowest BCUT2D eigenvalue weighted by molar-refractivity contribution is 0.0147. The van der Waals surface area contributed by atoms with E-state index in [1.165, 1.54) is 19.2 Å². The van der Waals surface area contributed by atoms with E-state index in [2.05, 4.69) is 15.0 Å². The van der Waals surface area contributed by atoms with Crippen molar-refractivity contribution in [3.8, 4) is 0 Å². The Morgan fingerprint density at radius 3 is 2.88 bits per heavy atom. The second-order valence-electron chi connectivity index (χ2n) is 3.63. The van der Waals surface area contributed by atoms with Gasteiger partial charge in [0.2, 0.25) is 5.95 Å². The molecule has 17 heavy (non-hydrogen) atoms. The molecule has 0 fully saturated rings. The third-order valence-corrected chi connectivity index (χ3v) is 2.33. The smallest absolute Gasteiger partial charge is 0.215 e. The quantitative estimate of drug-likeness (QED) is 0.354. The van der Waals surface area contributed by atoms with Crippen LogP contribution in [0.2, 0.25) is 0 Å². The molecule has 0 aliphatic heterocycles. The molecule has 0 saturated heterocycles. The fourth-order valence-electron chi connectivity index (χ4n) is 1.36.